The highest BCUT2D eigenvalue weighted by Gasteiger charge is 2.17. The van der Waals surface area contributed by atoms with Gasteiger partial charge in [0.1, 0.15) is 0 Å². The number of rotatable bonds is 4. The average molecular weight is 590 g/mol. The van der Waals surface area contributed by atoms with Crippen molar-refractivity contribution in [3.05, 3.63) is 163 Å². The van der Waals surface area contributed by atoms with Crippen molar-refractivity contribution in [1.82, 2.24) is 14.9 Å². The lowest BCUT2D eigenvalue weighted by molar-refractivity contribution is 0.923. The molecule has 0 saturated heterocycles. The van der Waals surface area contributed by atoms with Crippen LogP contribution in [0, 0.1) is 0 Å². The van der Waals surface area contributed by atoms with E-state index in [1.807, 2.05) is 6.20 Å². The van der Waals surface area contributed by atoms with Gasteiger partial charge in [-0.25, -0.2) is 0 Å². The molecule has 3 nitrogen and oxygen atoms in total. The Morgan fingerprint density at radius 3 is 2.26 bits per heavy atom. The van der Waals surface area contributed by atoms with Gasteiger partial charge in [0.2, 0.25) is 0 Å². The van der Waals surface area contributed by atoms with E-state index >= 15 is 0 Å². The van der Waals surface area contributed by atoms with Crippen molar-refractivity contribution < 1.29 is 0 Å². The van der Waals surface area contributed by atoms with Crippen molar-refractivity contribution in [1.29, 1.82) is 0 Å². The highest BCUT2D eigenvalue weighted by Crippen LogP contribution is 2.40. The van der Waals surface area contributed by atoms with E-state index in [4.69, 9.17) is 4.98 Å². The second kappa shape index (κ2) is 10.6. The summed E-state index contributed by atoms with van der Waals surface area (Å²) in [6.45, 7) is 3.03. The topological polar surface area (TPSA) is 29.9 Å². The molecule has 6 aromatic carbocycles. The molecule has 3 heterocycles. The van der Waals surface area contributed by atoms with Crippen LogP contribution in [0.2, 0.25) is 0 Å². The van der Waals surface area contributed by atoms with Gasteiger partial charge in [-0.05, 0) is 70.1 Å². The molecule has 0 spiro atoms. The molecule has 0 radical (unpaired) electrons. The fourth-order valence-corrected chi connectivity index (χ4v) is 7.07. The zero-order valence-corrected chi connectivity index (χ0v) is 25.5. The van der Waals surface area contributed by atoms with Crippen LogP contribution in [0.3, 0.4) is 0 Å². The summed E-state index contributed by atoms with van der Waals surface area (Å²) in [5.74, 6) is 0. The maximum absolute atomic E-state index is 4.85. The fourth-order valence-electron chi connectivity index (χ4n) is 7.07. The molecule has 1 N–H and O–H groups in total. The maximum Gasteiger partial charge on any atom is 0.0716 e. The number of hydrogen-bond donors (Lipinski definition) is 1. The number of dihydropyridines is 1. The first kappa shape index (κ1) is 26.5. The summed E-state index contributed by atoms with van der Waals surface area (Å²) in [6, 6.07) is 48.6. The molecule has 3 heteroatoms. The van der Waals surface area contributed by atoms with Crippen molar-refractivity contribution in [3.63, 3.8) is 0 Å². The van der Waals surface area contributed by atoms with Crippen LogP contribution < -0.4 is 5.32 Å². The molecule has 0 saturated carbocycles. The Balaban J connectivity index is 1.23. The Labute approximate surface area is 267 Å². The third-order valence-electron chi connectivity index (χ3n) is 9.29. The van der Waals surface area contributed by atoms with Gasteiger partial charge >= 0.3 is 0 Å². The molecule has 0 unspecified atom stereocenters. The lowest BCUT2D eigenvalue weighted by atomic mass is 9.95. The molecular formula is C43H31N3. The standard InChI is InChI=1S/C43H31N3/c1-28-22-34(26-44-25-28)41-21-17-33(27-45-41)30-14-19-39-40-20-16-32-23-31(37-13-7-9-29-8-5-6-12-36(29)37)15-18-38(32)43(40)46(42(39)24-30)35-10-3-2-4-11-35/h2-24,26-27,44H,25H2,1H3. The first-order valence-corrected chi connectivity index (χ1v) is 15.8. The second-order valence-electron chi connectivity index (χ2n) is 12.2. The van der Waals surface area contributed by atoms with E-state index in [9.17, 15) is 0 Å². The number of pyridine rings is 1. The van der Waals surface area contributed by atoms with Crippen LogP contribution >= 0.6 is 0 Å². The molecular weight excluding hydrogens is 558 g/mol. The molecule has 46 heavy (non-hydrogen) atoms. The van der Waals surface area contributed by atoms with Crippen molar-refractivity contribution in [2.24, 2.45) is 0 Å². The second-order valence-corrected chi connectivity index (χ2v) is 12.2. The van der Waals surface area contributed by atoms with E-state index in [0.717, 1.165) is 34.6 Å². The Morgan fingerprint density at radius 1 is 0.609 bits per heavy atom. The van der Waals surface area contributed by atoms with Crippen LogP contribution in [0.5, 0.6) is 0 Å². The molecule has 218 valence electrons. The smallest absolute Gasteiger partial charge is 0.0716 e. The van der Waals surface area contributed by atoms with Gasteiger partial charge in [-0.15, -0.1) is 0 Å². The summed E-state index contributed by atoms with van der Waals surface area (Å²) in [5.41, 5.74) is 11.7. The molecule has 0 aliphatic carbocycles. The van der Waals surface area contributed by atoms with E-state index in [2.05, 4.69) is 163 Å². The van der Waals surface area contributed by atoms with Crippen LogP contribution in [0.25, 0.3) is 76.9 Å². The zero-order chi connectivity index (χ0) is 30.6. The van der Waals surface area contributed by atoms with Gasteiger partial charge in [-0.2, -0.15) is 0 Å². The number of allylic oxidation sites excluding steroid dienone is 2. The Bertz CT molecular complexity index is 2510. The Hall–Kier alpha value is -5.93. The fraction of sp³-hybridized carbons (Fsp3) is 0.0465. The highest BCUT2D eigenvalue weighted by atomic mass is 15.0. The SMILES string of the molecule is CC1=CC(c2ccc(-c3ccc4c5ccc6cc(-c7cccc8ccccc78)ccc6c5n(-c5ccccc5)c4c3)cn2)=CNC1. The monoisotopic (exact) mass is 589 g/mol. The third-order valence-corrected chi connectivity index (χ3v) is 9.29. The van der Waals surface area contributed by atoms with Gasteiger partial charge in [-0.1, -0.05) is 115 Å². The number of para-hydroxylation sites is 1. The summed E-state index contributed by atoms with van der Waals surface area (Å²) in [5, 5.41) is 10.8. The van der Waals surface area contributed by atoms with Gasteiger partial charge in [0, 0.05) is 51.9 Å². The molecule has 1 aliphatic heterocycles. The van der Waals surface area contributed by atoms with Crippen LogP contribution in [0.4, 0.5) is 0 Å². The molecule has 0 atom stereocenters. The zero-order valence-electron chi connectivity index (χ0n) is 25.5. The first-order chi connectivity index (χ1) is 22.7. The van der Waals surface area contributed by atoms with Crippen molar-refractivity contribution in [2.75, 3.05) is 6.54 Å². The maximum atomic E-state index is 4.85. The van der Waals surface area contributed by atoms with Gasteiger partial charge in [0.25, 0.3) is 0 Å². The quantitative estimate of drug-likeness (QED) is 0.221. The Morgan fingerprint density at radius 2 is 1.39 bits per heavy atom. The van der Waals surface area contributed by atoms with E-state index in [1.165, 1.54) is 60.1 Å². The van der Waals surface area contributed by atoms with Crippen molar-refractivity contribution in [2.45, 2.75) is 6.92 Å². The highest BCUT2D eigenvalue weighted by molar-refractivity contribution is 6.19. The first-order valence-electron chi connectivity index (χ1n) is 15.8. The largest absolute Gasteiger partial charge is 0.387 e. The van der Waals surface area contributed by atoms with Crippen molar-refractivity contribution in [3.8, 4) is 27.9 Å². The minimum atomic E-state index is 0.887. The van der Waals surface area contributed by atoms with Crippen LogP contribution in [-0.4, -0.2) is 16.1 Å². The van der Waals surface area contributed by atoms with Crippen molar-refractivity contribution >= 4 is 48.9 Å². The van der Waals surface area contributed by atoms with Gasteiger partial charge in [0.15, 0.2) is 0 Å². The minimum Gasteiger partial charge on any atom is -0.387 e. The minimum absolute atomic E-state index is 0.887. The number of fused-ring (bicyclic) bond motifs is 6. The summed E-state index contributed by atoms with van der Waals surface area (Å²) >= 11 is 0. The Kier molecular flexibility index (Phi) is 6.10. The molecule has 0 fully saturated rings. The number of aromatic nitrogens is 2. The van der Waals surface area contributed by atoms with E-state index in [1.54, 1.807) is 0 Å². The molecule has 0 bridgehead atoms. The van der Waals surface area contributed by atoms with E-state index in [0.29, 0.717) is 0 Å². The lowest BCUT2D eigenvalue weighted by Crippen LogP contribution is -2.13. The number of benzene rings is 6. The molecule has 2 aromatic heterocycles. The number of nitrogens with zero attached hydrogens (tertiary/aromatic N) is 2. The molecule has 0 amide bonds. The lowest BCUT2D eigenvalue weighted by Gasteiger charge is -2.13. The summed E-state index contributed by atoms with van der Waals surface area (Å²) in [7, 11) is 0. The third kappa shape index (κ3) is 4.32. The van der Waals surface area contributed by atoms with Crippen LogP contribution in [-0.2, 0) is 0 Å². The predicted octanol–water partition coefficient (Wildman–Crippen LogP) is 10.7. The summed E-state index contributed by atoms with van der Waals surface area (Å²) < 4.78 is 2.43. The summed E-state index contributed by atoms with van der Waals surface area (Å²) in [6.07, 6.45) is 6.25. The van der Waals surface area contributed by atoms with Gasteiger partial charge < -0.3 is 9.88 Å². The van der Waals surface area contributed by atoms with Crippen LogP contribution in [0.1, 0.15) is 12.6 Å². The van der Waals surface area contributed by atoms with Gasteiger partial charge in [0.05, 0.1) is 16.7 Å². The summed E-state index contributed by atoms with van der Waals surface area (Å²) in [4.78, 5) is 4.85. The average Bonchev–Trinajstić information content (AvgIpc) is 3.45. The van der Waals surface area contributed by atoms with Gasteiger partial charge in [-0.3, -0.25) is 4.98 Å². The normalized spacial score (nSPS) is 13.2. The molecule has 8 aromatic rings. The molecule has 9 rings (SSSR count). The number of nitrogens with one attached hydrogen (secondary N) is 1. The van der Waals surface area contributed by atoms with E-state index in [-0.39, 0.29) is 0 Å². The number of hydrogen-bond acceptors (Lipinski definition) is 2. The van der Waals surface area contributed by atoms with E-state index < -0.39 is 0 Å². The van der Waals surface area contributed by atoms with Crippen LogP contribution in [0.15, 0.2) is 158 Å². The molecule has 1 aliphatic rings. The predicted molar refractivity (Wildman–Crippen MR) is 194 cm³/mol.